The highest BCUT2D eigenvalue weighted by Crippen LogP contribution is 2.35. The highest BCUT2D eigenvalue weighted by Gasteiger charge is 2.30. The van der Waals surface area contributed by atoms with Gasteiger partial charge in [0.1, 0.15) is 5.70 Å². The van der Waals surface area contributed by atoms with Crippen LogP contribution in [-0.4, -0.2) is 8.96 Å². The molecule has 2 nitrogen and oxygen atoms in total. The largest absolute Gasteiger partial charge is 0.234 e. The van der Waals surface area contributed by atoms with Crippen molar-refractivity contribution in [1.29, 1.82) is 0 Å². The van der Waals surface area contributed by atoms with Gasteiger partial charge in [-0.3, -0.25) is 0 Å². The van der Waals surface area contributed by atoms with Crippen molar-refractivity contribution in [2.24, 2.45) is 5.10 Å². The quantitative estimate of drug-likeness (QED) is 0.559. The Morgan fingerprint density at radius 3 is 2.10 bits per heavy atom. The second-order valence-electron chi connectivity index (χ2n) is 1.55. The summed E-state index contributed by atoms with van der Waals surface area (Å²) in [5, 5.41) is 3.67. The maximum absolute atomic E-state index is 5.44. The van der Waals surface area contributed by atoms with Crippen molar-refractivity contribution in [3.8, 4) is 0 Å². The Labute approximate surface area is 77.8 Å². The summed E-state index contributed by atoms with van der Waals surface area (Å²) in [5.41, 5.74) is 3.75. The molecule has 10 heavy (non-hydrogen) atoms. The number of rotatable bonds is 0. The summed E-state index contributed by atoms with van der Waals surface area (Å²) >= 11 is 21.7. The molecule has 1 aliphatic heterocycles. The first kappa shape index (κ1) is 8.47. The van der Waals surface area contributed by atoms with Crippen LogP contribution in [-0.2, 0) is 0 Å². The maximum atomic E-state index is 5.44. The molecule has 0 aromatic rings. The van der Waals surface area contributed by atoms with E-state index in [9.17, 15) is 0 Å². The van der Waals surface area contributed by atoms with Gasteiger partial charge in [0.2, 0.25) is 3.79 Å². The van der Waals surface area contributed by atoms with Gasteiger partial charge in [-0.2, -0.15) is 0 Å². The zero-order valence-corrected chi connectivity index (χ0v) is 7.51. The summed E-state index contributed by atoms with van der Waals surface area (Å²) in [6, 6.07) is 0. The molecule has 0 saturated heterocycles. The highest BCUT2D eigenvalue weighted by atomic mass is 35.6. The summed E-state index contributed by atoms with van der Waals surface area (Å²) in [6.45, 7) is 0. The third-order valence-corrected chi connectivity index (χ3v) is 1.57. The third kappa shape index (κ3) is 1.92. The van der Waals surface area contributed by atoms with Crippen LogP contribution in [0.1, 0.15) is 0 Å². The first-order chi connectivity index (χ1) is 4.50. The van der Waals surface area contributed by atoms with E-state index in [1.807, 2.05) is 0 Å². The predicted octanol–water partition coefficient (Wildman–Crippen LogP) is 2.41. The molecule has 0 spiro atoms. The Balaban J connectivity index is 2.73. The van der Waals surface area contributed by atoms with E-state index in [-0.39, 0.29) is 10.9 Å². The van der Waals surface area contributed by atoms with Crippen LogP contribution >= 0.6 is 46.4 Å². The molecule has 1 rings (SSSR count). The Hall–Kier alpha value is 0.370. The lowest BCUT2D eigenvalue weighted by Gasteiger charge is -2.07. The number of hydrogen-bond acceptors (Lipinski definition) is 1. The van der Waals surface area contributed by atoms with Crippen molar-refractivity contribution in [3.63, 3.8) is 0 Å². The normalized spacial score (nSPS) is 18.0. The SMILES string of the molecule is ClC1=N[N]C(C(Cl)(Cl)Cl)=C1. The minimum atomic E-state index is -1.53. The second kappa shape index (κ2) is 2.78. The number of nitrogens with zero attached hydrogens (tertiary/aromatic N) is 2. The lowest BCUT2D eigenvalue weighted by atomic mass is 10.5. The fraction of sp³-hybridized carbons (Fsp3) is 0.250. The molecule has 0 amide bonds. The van der Waals surface area contributed by atoms with Crippen molar-refractivity contribution in [2.45, 2.75) is 3.79 Å². The molecule has 0 aliphatic carbocycles. The van der Waals surface area contributed by atoms with Crippen LogP contribution in [0.2, 0.25) is 0 Å². The monoisotopic (exact) mass is 217 g/mol. The van der Waals surface area contributed by atoms with Crippen LogP contribution in [0.5, 0.6) is 0 Å². The highest BCUT2D eigenvalue weighted by molar-refractivity contribution is 6.71. The number of alkyl halides is 3. The summed E-state index contributed by atoms with van der Waals surface area (Å²) in [7, 11) is 0. The Bertz CT molecular complexity index is 202. The molecule has 1 heterocycles. The molecule has 1 radical (unpaired) electrons. The molecule has 0 bridgehead atoms. The first-order valence-electron chi connectivity index (χ1n) is 2.23. The van der Waals surface area contributed by atoms with Gasteiger partial charge in [0.15, 0.2) is 5.17 Å². The molecule has 0 saturated carbocycles. The van der Waals surface area contributed by atoms with Gasteiger partial charge in [0, 0.05) is 6.08 Å². The number of hydrogen-bond donors (Lipinski definition) is 0. The zero-order valence-electron chi connectivity index (χ0n) is 4.48. The fourth-order valence-corrected chi connectivity index (χ4v) is 0.829. The molecule has 0 N–H and O–H groups in total. The zero-order chi connectivity index (χ0) is 7.78. The number of halogens is 4. The summed E-state index contributed by atoms with van der Waals surface area (Å²) < 4.78 is -1.53. The minimum Gasteiger partial charge on any atom is -0.149 e. The summed E-state index contributed by atoms with van der Waals surface area (Å²) in [6.07, 6.45) is 1.40. The van der Waals surface area contributed by atoms with Crippen molar-refractivity contribution in [1.82, 2.24) is 5.43 Å². The smallest absolute Gasteiger partial charge is 0.149 e. The summed E-state index contributed by atoms with van der Waals surface area (Å²) in [4.78, 5) is 0. The van der Waals surface area contributed by atoms with Crippen molar-refractivity contribution >= 4 is 51.6 Å². The molecule has 0 atom stereocenters. The van der Waals surface area contributed by atoms with E-state index in [1.165, 1.54) is 6.08 Å². The Morgan fingerprint density at radius 1 is 1.30 bits per heavy atom. The average Bonchev–Trinajstić information content (AvgIpc) is 2.11. The van der Waals surface area contributed by atoms with Crippen molar-refractivity contribution < 1.29 is 0 Å². The van der Waals surface area contributed by atoms with Crippen LogP contribution in [0.4, 0.5) is 0 Å². The second-order valence-corrected chi connectivity index (χ2v) is 4.22. The van der Waals surface area contributed by atoms with Crippen molar-refractivity contribution in [3.05, 3.63) is 11.8 Å². The van der Waals surface area contributed by atoms with Gasteiger partial charge in [-0.05, 0) is 0 Å². The van der Waals surface area contributed by atoms with Gasteiger partial charge in [0.05, 0.1) is 0 Å². The van der Waals surface area contributed by atoms with Gasteiger partial charge in [0.25, 0.3) is 0 Å². The van der Waals surface area contributed by atoms with E-state index < -0.39 is 3.79 Å². The van der Waals surface area contributed by atoms with Gasteiger partial charge < -0.3 is 0 Å². The molecule has 6 heteroatoms. The van der Waals surface area contributed by atoms with E-state index >= 15 is 0 Å². The first-order valence-corrected chi connectivity index (χ1v) is 3.74. The van der Waals surface area contributed by atoms with Crippen LogP contribution < -0.4 is 5.43 Å². The molecule has 55 valence electrons. The van der Waals surface area contributed by atoms with E-state index in [4.69, 9.17) is 46.4 Å². The van der Waals surface area contributed by atoms with E-state index in [0.29, 0.717) is 0 Å². The van der Waals surface area contributed by atoms with Gasteiger partial charge in [-0.1, -0.05) is 46.4 Å². The van der Waals surface area contributed by atoms with E-state index in [1.54, 1.807) is 0 Å². The topological polar surface area (TPSA) is 26.5 Å². The van der Waals surface area contributed by atoms with Gasteiger partial charge in [-0.25, -0.2) is 0 Å². The lowest BCUT2D eigenvalue weighted by Crippen LogP contribution is -2.11. The molecule has 0 aromatic carbocycles. The Morgan fingerprint density at radius 2 is 1.90 bits per heavy atom. The average molecular weight is 219 g/mol. The standard InChI is InChI=1S/C4HCl4N2/c5-3-1-2(9-10-3)4(6,7)8/h1H. The van der Waals surface area contributed by atoms with E-state index in [2.05, 4.69) is 10.5 Å². The molecule has 1 aliphatic rings. The lowest BCUT2D eigenvalue weighted by molar-refractivity contribution is 0.867. The molecule has 0 aromatic heterocycles. The predicted molar refractivity (Wildman–Crippen MR) is 43.8 cm³/mol. The third-order valence-electron chi connectivity index (χ3n) is 0.800. The van der Waals surface area contributed by atoms with Crippen LogP contribution in [0.25, 0.3) is 0 Å². The molecular weight excluding hydrogens is 218 g/mol. The van der Waals surface area contributed by atoms with Crippen molar-refractivity contribution in [2.75, 3.05) is 0 Å². The van der Waals surface area contributed by atoms with Gasteiger partial charge >= 0.3 is 0 Å². The molecule has 0 unspecified atom stereocenters. The van der Waals surface area contributed by atoms with Crippen LogP contribution in [0, 0.1) is 0 Å². The van der Waals surface area contributed by atoms with E-state index in [0.717, 1.165) is 0 Å². The maximum Gasteiger partial charge on any atom is 0.234 e. The fourth-order valence-electron chi connectivity index (χ4n) is 0.411. The molecule has 0 fully saturated rings. The Kier molecular flexibility index (Phi) is 2.35. The minimum absolute atomic E-state index is 0.223. The number of allylic oxidation sites excluding steroid dienone is 2. The summed E-state index contributed by atoms with van der Waals surface area (Å²) in [5.74, 6) is 0. The van der Waals surface area contributed by atoms with Crippen LogP contribution in [0.15, 0.2) is 16.9 Å². The van der Waals surface area contributed by atoms with Crippen LogP contribution in [0.3, 0.4) is 0 Å². The van der Waals surface area contributed by atoms with Gasteiger partial charge in [-0.15, -0.1) is 10.5 Å². The molecular formula is C4HCl4N2.